The Morgan fingerprint density at radius 2 is 1.78 bits per heavy atom. The van der Waals surface area contributed by atoms with Crippen molar-refractivity contribution in [3.8, 4) is 0 Å². The molecule has 142 valence electrons. The Morgan fingerprint density at radius 3 is 2.37 bits per heavy atom. The zero-order valence-corrected chi connectivity index (χ0v) is 16.2. The number of benzene rings is 1. The van der Waals surface area contributed by atoms with Crippen molar-refractivity contribution in [1.82, 2.24) is 24.0 Å². The lowest BCUT2D eigenvalue weighted by Crippen LogP contribution is -2.29. The summed E-state index contributed by atoms with van der Waals surface area (Å²) in [5.74, 6) is 1.39. The van der Waals surface area contributed by atoms with Gasteiger partial charge < -0.3 is 9.09 Å². The number of rotatable bonds is 4. The highest BCUT2D eigenvalue weighted by Gasteiger charge is 2.44. The Labute approximate surface area is 157 Å². The molecule has 1 aliphatic heterocycles. The molecule has 0 radical (unpaired) electrons. The zero-order chi connectivity index (χ0) is 19.2. The lowest BCUT2D eigenvalue weighted by Gasteiger charge is -2.15. The Hall–Kier alpha value is -2.52. The van der Waals surface area contributed by atoms with Crippen LogP contribution < -0.4 is 0 Å². The molecule has 2 unspecified atom stereocenters. The molecule has 0 bridgehead atoms. The fraction of sp³-hybridized carbons (Fsp3) is 0.389. The van der Waals surface area contributed by atoms with Gasteiger partial charge in [-0.1, -0.05) is 35.5 Å². The smallest absolute Gasteiger partial charge is 0.262 e. The van der Waals surface area contributed by atoms with Crippen LogP contribution in [0.2, 0.25) is 0 Å². The van der Waals surface area contributed by atoms with E-state index in [2.05, 4.69) is 15.1 Å². The third kappa shape index (κ3) is 3.17. The summed E-state index contributed by atoms with van der Waals surface area (Å²) >= 11 is 0. The molecule has 0 aliphatic carbocycles. The Bertz CT molecular complexity index is 1040. The molecule has 1 aliphatic rings. The van der Waals surface area contributed by atoms with Crippen molar-refractivity contribution in [2.75, 3.05) is 13.1 Å². The van der Waals surface area contributed by atoms with Crippen molar-refractivity contribution in [3.05, 3.63) is 59.6 Å². The third-order valence-electron chi connectivity index (χ3n) is 5.07. The molecule has 8 nitrogen and oxygen atoms in total. The standard InChI is InChI=1S/C18H21N5O3S/c1-12-19-18(26-21-12)16-10-23(9-15(16)14-7-5-4-6-8-14)27(24,25)17-11-22(3)13(2)20-17/h4-8,11,15-16H,9-10H2,1-3H3. The summed E-state index contributed by atoms with van der Waals surface area (Å²) in [5.41, 5.74) is 1.05. The quantitative estimate of drug-likeness (QED) is 0.680. The molecule has 27 heavy (non-hydrogen) atoms. The van der Waals surface area contributed by atoms with Gasteiger partial charge in [0.2, 0.25) is 5.89 Å². The summed E-state index contributed by atoms with van der Waals surface area (Å²) in [5, 5.41) is 3.95. The normalized spacial score (nSPS) is 21.0. The molecule has 3 aromatic rings. The molecule has 1 saturated heterocycles. The molecule has 9 heteroatoms. The molecule has 2 aromatic heterocycles. The summed E-state index contributed by atoms with van der Waals surface area (Å²) in [7, 11) is -1.92. The second-order valence-corrected chi connectivity index (χ2v) is 8.75. The number of hydrogen-bond acceptors (Lipinski definition) is 6. The average molecular weight is 387 g/mol. The Kier molecular flexibility index (Phi) is 4.35. The maximum Gasteiger partial charge on any atom is 0.262 e. The van der Waals surface area contributed by atoms with Crippen molar-refractivity contribution in [3.63, 3.8) is 0 Å². The molecule has 3 heterocycles. The largest absolute Gasteiger partial charge is 0.339 e. The molecular weight excluding hydrogens is 366 g/mol. The van der Waals surface area contributed by atoms with Gasteiger partial charge in [0.15, 0.2) is 10.9 Å². The first-order chi connectivity index (χ1) is 12.9. The van der Waals surface area contributed by atoms with Crippen LogP contribution in [-0.2, 0) is 17.1 Å². The van der Waals surface area contributed by atoms with Gasteiger partial charge in [-0.2, -0.15) is 9.29 Å². The van der Waals surface area contributed by atoms with E-state index in [0.717, 1.165) is 5.56 Å². The van der Waals surface area contributed by atoms with Crippen LogP contribution in [0.15, 0.2) is 46.1 Å². The molecule has 0 spiro atoms. The number of sulfonamides is 1. The van der Waals surface area contributed by atoms with Gasteiger partial charge in [-0.05, 0) is 19.4 Å². The van der Waals surface area contributed by atoms with Crippen molar-refractivity contribution in [2.45, 2.75) is 30.7 Å². The topological polar surface area (TPSA) is 94.1 Å². The van der Waals surface area contributed by atoms with Gasteiger partial charge in [0.05, 0.1) is 5.92 Å². The van der Waals surface area contributed by atoms with Crippen LogP contribution in [-0.4, -0.2) is 45.5 Å². The second-order valence-electron chi connectivity index (χ2n) is 6.86. The third-order valence-corrected chi connectivity index (χ3v) is 6.77. The zero-order valence-electron chi connectivity index (χ0n) is 15.4. The predicted molar refractivity (Wildman–Crippen MR) is 97.7 cm³/mol. The first-order valence-corrected chi connectivity index (χ1v) is 10.2. The molecule has 0 amide bonds. The maximum absolute atomic E-state index is 13.1. The number of nitrogens with zero attached hydrogens (tertiary/aromatic N) is 5. The minimum atomic E-state index is -3.70. The van der Waals surface area contributed by atoms with Crippen LogP contribution in [0, 0.1) is 13.8 Å². The monoisotopic (exact) mass is 387 g/mol. The van der Waals surface area contributed by atoms with E-state index < -0.39 is 10.0 Å². The first-order valence-electron chi connectivity index (χ1n) is 8.71. The van der Waals surface area contributed by atoms with Crippen LogP contribution in [0.4, 0.5) is 0 Å². The summed E-state index contributed by atoms with van der Waals surface area (Å²) in [6, 6.07) is 9.84. The van der Waals surface area contributed by atoms with Crippen molar-refractivity contribution < 1.29 is 12.9 Å². The van der Waals surface area contributed by atoms with Gasteiger partial charge in [0.1, 0.15) is 5.82 Å². The SMILES string of the molecule is Cc1noc(C2CN(S(=O)(=O)c3cn(C)c(C)n3)CC2c2ccccc2)n1. The van der Waals surface area contributed by atoms with Crippen LogP contribution in [0.25, 0.3) is 0 Å². The van der Waals surface area contributed by atoms with E-state index in [4.69, 9.17) is 4.52 Å². The van der Waals surface area contributed by atoms with Crippen molar-refractivity contribution in [2.24, 2.45) is 7.05 Å². The number of hydrogen-bond donors (Lipinski definition) is 0. The minimum Gasteiger partial charge on any atom is -0.339 e. The van der Waals surface area contributed by atoms with Crippen LogP contribution >= 0.6 is 0 Å². The second kappa shape index (κ2) is 6.58. The molecule has 1 fully saturated rings. The van der Waals surface area contributed by atoms with Gasteiger partial charge in [-0.25, -0.2) is 13.4 Å². The van der Waals surface area contributed by atoms with E-state index in [1.807, 2.05) is 30.3 Å². The number of aromatic nitrogens is 4. The summed E-state index contributed by atoms with van der Waals surface area (Å²) in [6.45, 7) is 4.15. The summed E-state index contributed by atoms with van der Waals surface area (Å²) < 4.78 is 34.8. The van der Waals surface area contributed by atoms with Crippen LogP contribution in [0.1, 0.15) is 34.9 Å². The maximum atomic E-state index is 13.1. The highest BCUT2D eigenvalue weighted by molar-refractivity contribution is 7.89. The number of aryl methyl sites for hydroxylation is 3. The Balaban J connectivity index is 1.72. The average Bonchev–Trinajstić information content (AvgIpc) is 3.35. The summed E-state index contributed by atoms with van der Waals surface area (Å²) in [4.78, 5) is 8.56. The molecule has 2 atom stereocenters. The van der Waals surface area contributed by atoms with E-state index in [-0.39, 0.29) is 23.4 Å². The molecule has 1 aromatic carbocycles. The molecule has 0 N–H and O–H groups in total. The van der Waals surface area contributed by atoms with Gasteiger partial charge in [0.25, 0.3) is 10.0 Å². The van der Waals surface area contributed by atoms with Gasteiger partial charge >= 0.3 is 0 Å². The van der Waals surface area contributed by atoms with E-state index in [1.165, 1.54) is 4.31 Å². The van der Waals surface area contributed by atoms with E-state index >= 15 is 0 Å². The fourth-order valence-corrected chi connectivity index (χ4v) is 5.02. The molecular formula is C18H21N5O3S. The lowest BCUT2D eigenvalue weighted by molar-refractivity contribution is 0.345. The van der Waals surface area contributed by atoms with Crippen LogP contribution in [0.5, 0.6) is 0 Å². The number of imidazole rings is 1. The van der Waals surface area contributed by atoms with E-state index in [9.17, 15) is 8.42 Å². The van der Waals surface area contributed by atoms with Gasteiger partial charge in [0, 0.05) is 32.3 Å². The highest BCUT2D eigenvalue weighted by Crippen LogP contribution is 2.40. The lowest BCUT2D eigenvalue weighted by atomic mass is 9.89. The van der Waals surface area contributed by atoms with Crippen molar-refractivity contribution in [1.29, 1.82) is 0 Å². The minimum absolute atomic E-state index is 0.0642. The van der Waals surface area contributed by atoms with E-state index in [1.54, 1.807) is 31.7 Å². The van der Waals surface area contributed by atoms with Gasteiger partial charge in [-0.15, -0.1) is 0 Å². The van der Waals surface area contributed by atoms with Gasteiger partial charge in [-0.3, -0.25) is 0 Å². The Morgan fingerprint density at radius 1 is 1.07 bits per heavy atom. The van der Waals surface area contributed by atoms with E-state index in [0.29, 0.717) is 24.1 Å². The highest BCUT2D eigenvalue weighted by atomic mass is 32.2. The van der Waals surface area contributed by atoms with Crippen molar-refractivity contribution >= 4 is 10.0 Å². The first kappa shape index (κ1) is 17.9. The summed E-state index contributed by atoms with van der Waals surface area (Å²) in [6.07, 6.45) is 1.55. The van der Waals surface area contributed by atoms with Crippen LogP contribution in [0.3, 0.4) is 0 Å². The predicted octanol–water partition coefficient (Wildman–Crippen LogP) is 1.99. The molecule has 4 rings (SSSR count). The molecule has 0 saturated carbocycles. The fourth-order valence-electron chi connectivity index (χ4n) is 3.50.